The topological polar surface area (TPSA) is 174 Å². The zero-order chi connectivity index (χ0) is 42.7. The van der Waals surface area contributed by atoms with Crippen LogP contribution in [0.15, 0.2) is 48.6 Å². The fourth-order valence-electron chi connectivity index (χ4n) is 13.5. The summed E-state index contributed by atoms with van der Waals surface area (Å²) in [5.41, 5.74) is -2.91. The van der Waals surface area contributed by atoms with Gasteiger partial charge in [-0.15, -0.1) is 0 Å². The minimum absolute atomic E-state index is 0.0682. The molecule has 0 radical (unpaired) electrons. The Morgan fingerprint density at radius 1 is 0.967 bits per heavy atom. The van der Waals surface area contributed by atoms with Crippen molar-refractivity contribution in [2.45, 2.75) is 99.2 Å². The van der Waals surface area contributed by atoms with Crippen molar-refractivity contribution in [3.63, 3.8) is 0 Å². The van der Waals surface area contributed by atoms with Gasteiger partial charge in [0.25, 0.3) is 0 Å². The molecular weight excluding hydrogens is 769 g/mol. The third kappa shape index (κ3) is 5.08. The van der Waals surface area contributed by atoms with Crippen LogP contribution in [-0.2, 0) is 45.8 Å². The van der Waals surface area contributed by atoms with Gasteiger partial charge in [0.1, 0.15) is 16.8 Å². The second kappa shape index (κ2) is 14.0. The van der Waals surface area contributed by atoms with E-state index in [4.69, 9.17) is 18.9 Å². The van der Waals surface area contributed by atoms with Crippen LogP contribution in [0.25, 0.3) is 10.9 Å². The Morgan fingerprint density at radius 2 is 1.72 bits per heavy atom. The number of benzene rings is 2. The number of nitrogens with one attached hydrogen (secondary N) is 1. The van der Waals surface area contributed by atoms with Gasteiger partial charge in [-0.25, -0.2) is 4.79 Å². The van der Waals surface area contributed by atoms with E-state index in [2.05, 4.69) is 14.8 Å². The first-order valence-corrected chi connectivity index (χ1v) is 21.3. The molecule has 1 spiro atoms. The number of anilines is 1. The maximum Gasteiger partial charge on any atom is 0.344 e. The summed E-state index contributed by atoms with van der Waals surface area (Å²) in [6.45, 7) is 7.73. The van der Waals surface area contributed by atoms with Gasteiger partial charge >= 0.3 is 17.9 Å². The molecule has 0 amide bonds. The van der Waals surface area contributed by atoms with E-state index >= 15 is 4.79 Å². The number of piperidine rings is 1. The van der Waals surface area contributed by atoms with Crippen LogP contribution in [0.2, 0.25) is 0 Å². The molecule has 2 bridgehead atoms. The number of methoxy groups -OCH3 is 3. The summed E-state index contributed by atoms with van der Waals surface area (Å²) in [5, 5.41) is 38.4. The van der Waals surface area contributed by atoms with Crippen molar-refractivity contribution in [2.75, 3.05) is 66.0 Å². The number of aromatic nitrogens is 1. The third-order valence-electron chi connectivity index (χ3n) is 15.8. The third-order valence-corrected chi connectivity index (χ3v) is 15.8. The number of esters is 3. The molecule has 5 aliphatic heterocycles. The minimum Gasteiger partial charge on any atom is -0.496 e. The maximum absolute atomic E-state index is 15.3. The molecule has 4 N–H and O–H groups in total. The molecule has 1 aliphatic carbocycles. The van der Waals surface area contributed by atoms with Gasteiger partial charge in [0.05, 0.1) is 33.5 Å². The van der Waals surface area contributed by atoms with E-state index in [1.807, 2.05) is 74.3 Å². The lowest BCUT2D eigenvalue weighted by Crippen LogP contribution is -2.81. The monoisotopic (exact) mass is 826 g/mol. The van der Waals surface area contributed by atoms with Gasteiger partial charge < -0.3 is 44.2 Å². The van der Waals surface area contributed by atoms with Crippen LogP contribution < -0.4 is 9.64 Å². The first-order valence-electron chi connectivity index (χ1n) is 21.3. The molecule has 14 nitrogen and oxygen atoms in total. The van der Waals surface area contributed by atoms with Gasteiger partial charge in [-0.05, 0) is 61.9 Å². The Morgan fingerprint density at radius 3 is 2.40 bits per heavy atom. The molecule has 5 unspecified atom stereocenters. The largest absolute Gasteiger partial charge is 0.496 e. The second-order valence-electron chi connectivity index (χ2n) is 18.2. The number of nitrogens with zero attached hydrogens (tertiary/aromatic N) is 3. The van der Waals surface area contributed by atoms with Crippen LogP contribution in [0.4, 0.5) is 5.69 Å². The van der Waals surface area contributed by atoms with Gasteiger partial charge in [0.15, 0.2) is 6.10 Å². The van der Waals surface area contributed by atoms with Crippen molar-refractivity contribution in [1.29, 1.82) is 0 Å². The van der Waals surface area contributed by atoms with E-state index in [0.29, 0.717) is 81.1 Å². The van der Waals surface area contributed by atoms with E-state index in [-0.39, 0.29) is 12.5 Å². The number of para-hydroxylation sites is 1. The lowest BCUT2D eigenvalue weighted by molar-refractivity contribution is -0.228. The van der Waals surface area contributed by atoms with Gasteiger partial charge in [-0.1, -0.05) is 44.2 Å². The molecule has 9 rings (SSSR count). The molecule has 60 heavy (non-hydrogen) atoms. The fourth-order valence-corrected chi connectivity index (χ4v) is 13.5. The smallest absolute Gasteiger partial charge is 0.344 e. The SMILES string of the molecule is CCC12C=CCN3CC[C@@]4(c5cc([C@@]6(C(=O)OC)CC7CN(CCc8c6[nH]c6ccccc86)C[C@](O)(CC)C7O)c(OC)cc5N(C)[C@H]4[C@@](O)(C(=O)OC)[C@@H]1OC(C)=O)C32. The Kier molecular flexibility index (Phi) is 9.57. The number of hydrogen-bond donors (Lipinski definition) is 4. The number of carbonyl (C=O) groups excluding carboxylic acids is 3. The zero-order valence-electron chi connectivity index (χ0n) is 35.6. The number of H-pyrrole nitrogens is 1. The minimum atomic E-state index is -2.34. The number of carbonyl (C=O) groups is 3. The summed E-state index contributed by atoms with van der Waals surface area (Å²) in [7, 11) is 6.00. The van der Waals surface area contributed by atoms with Crippen LogP contribution >= 0.6 is 0 Å². The molecule has 3 fully saturated rings. The number of rotatable bonds is 7. The standard InChI is InChI=1S/C46H58N4O10/c1-8-42-16-12-18-50-20-17-44(37(42)50)30-21-31(34(57-5)22-33(30)48(4)38(44)46(56,41(54)59-7)39(42)60-26(3)51)45(40(53)58-6)23-27-24-49(25-43(55,9-2)36(27)52)19-15-29-28-13-10-11-14-32(28)47-35(29)45/h10-14,16,21-22,27,36-39,47,52,55-56H,8-9,15,17-20,23-25H2,1-7H3/t27?,36?,37?,38-,39-,42?,43-,44-,45+,46+/m1/s1. The number of aliphatic hydroxyl groups excluding tert-OH is 1. The predicted molar refractivity (Wildman–Crippen MR) is 222 cm³/mol. The number of aliphatic hydroxyl groups is 3. The molecule has 322 valence electrons. The summed E-state index contributed by atoms with van der Waals surface area (Å²) >= 11 is 0. The lowest BCUT2D eigenvalue weighted by Gasteiger charge is -2.63. The molecule has 3 aromatic rings. The van der Waals surface area contributed by atoms with Gasteiger partial charge in [-0.3, -0.25) is 19.4 Å². The number of ether oxygens (including phenoxy) is 4. The quantitative estimate of drug-likeness (QED) is 0.156. The van der Waals surface area contributed by atoms with Gasteiger partial charge in [0.2, 0.25) is 5.60 Å². The van der Waals surface area contributed by atoms with Gasteiger partial charge in [-0.2, -0.15) is 0 Å². The van der Waals surface area contributed by atoms with Crippen LogP contribution in [0.5, 0.6) is 5.75 Å². The van der Waals surface area contributed by atoms with Gasteiger partial charge in [0, 0.05) is 96.9 Å². The summed E-state index contributed by atoms with van der Waals surface area (Å²) < 4.78 is 23.8. The van der Waals surface area contributed by atoms with Crippen molar-refractivity contribution >= 4 is 34.5 Å². The number of aromatic amines is 1. The summed E-state index contributed by atoms with van der Waals surface area (Å²) in [4.78, 5) is 52.9. The molecule has 6 heterocycles. The highest BCUT2D eigenvalue weighted by Crippen LogP contribution is 2.68. The normalized spacial score (nSPS) is 37.8. The first-order chi connectivity index (χ1) is 28.7. The average molecular weight is 827 g/mol. The predicted octanol–water partition coefficient (Wildman–Crippen LogP) is 2.96. The Bertz CT molecular complexity index is 2290. The zero-order valence-corrected chi connectivity index (χ0v) is 35.6. The molecule has 6 aliphatic rings. The molecule has 2 saturated heterocycles. The van der Waals surface area contributed by atoms with Crippen molar-refractivity contribution < 1.29 is 48.7 Å². The highest BCUT2D eigenvalue weighted by atomic mass is 16.6. The summed E-state index contributed by atoms with van der Waals surface area (Å²) in [6, 6.07) is 10.6. The first kappa shape index (κ1) is 40.9. The number of likely N-dealkylation sites (N-methyl/N-ethyl adjacent to an activating group) is 1. The van der Waals surface area contributed by atoms with E-state index in [0.717, 1.165) is 22.0 Å². The molecule has 1 aromatic heterocycles. The molecule has 14 heteroatoms. The second-order valence-corrected chi connectivity index (χ2v) is 18.2. The van der Waals surface area contributed by atoms with Crippen LogP contribution in [0.1, 0.15) is 68.8 Å². The maximum atomic E-state index is 15.3. The van der Waals surface area contributed by atoms with Crippen LogP contribution in [0.3, 0.4) is 0 Å². The molecule has 11 atom stereocenters. The number of fused-ring (bicyclic) bond motifs is 6. The summed E-state index contributed by atoms with van der Waals surface area (Å²) in [5.74, 6) is -2.29. The number of hydrogen-bond acceptors (Lipinski definition) is 13. The molecule has 2 aromatic carbocycles. The lowest BCUT2D eigenvalue weighted by atomic mass is 9.47. The van der Waals surface area contributed by atoms with E-state index in [1.54, 1.807) is 7.11 Å². The Labute approximate surface area is 350 Å². The summed E-state index contributed by atoms with van der Waals surface area (Å²) in [6.07, 6.45) is 3.51. The van der Waals surface area contributed by atoms with E-state index in [9.17, 15) is 24.9 Å². The average Bonchev–Trinajstić information content (AvgIpc) is 3.91. The van der Waals surface area contributed by atoms with Crippen molar-refractivity contribution in [3.8, 4) is 5.75 Å². The fraction of sp³-hybridized carbons (Fsp3) is 0.587. The van der Waals surface area contributed by atoms with Crippen molar-refractivity contribution in [1.82, 2.24) is 14.8 Å². The Balaban J connectivity index is 1.37. The van der Waals surface area contributed by atoms with Crippen LogP contribution in [0, 0.1) is 11.3 Å². The highest BCUT2D eigenvalue weighted by molar-refractivity contribution is 5.95. The molecule has 1 saturated carbocycles. The highest BCUT2D eigenvalue weighted by Gasteiger charge is 2.80. The van der Waals surface area contributed by atoms with Crippen molar-refractivity contribution in [3.05, 3.63) is 70.9 Å². The van der Waals surface area contributed by atoms with E-state index in [1.165, 1.54) is 21.1 Å². The molecular formula is C46H58N4O10. The Hall–Kier alpha value is -4.47. The van der Waals surface area contributed by atoms with Crippen molar-refractivity contribution in [2.24, 2.45) is 11.3 Å². The van der Waals surface area contributed by atoms with E-state index < -0.39 is 69.5 Å². The van der Waals surface area contributed by atoms with Crippen LogP contribution in [-0.4, -0.2) is 145 Å².